The van der Waals surface area contributed by atoms with E-state index in [-0.39, 0.29) is 5.91 Å². The summed E-state index contributed by atoms with van der Waals surface area (Å²) in [5.41, 5.74) is 1.35. The maximum absolute atomic E-state index is 11.9. The van der Waals surface area contributed by atoms with E-state index in [4.69, 9.17) is 16.3 Å². The average Bonchev–Trinajstić information content (AvgIpc) is 2.93. The van der Waals surface area contributed by atoms with Gasteiger partial charge in [0.2, 0.25) is 0 Å². The van der Waals surface area contributed by atoms with Gasteiger partial charge in [-0.3, -0.25) is 4.79 Å². The SMILES string of the molecule is COCCCNC(=O)c1csc(-c2cccc(Cl)c2)n1. The molecule has 1 N–H and O–H groups in total. The number of carbonyl (C=O) groups excluding carboxylic acids is 1. The number of hydrogen-bond acceptors (Lipinski definition) is 4. The number of ether oxygens (including phenoxy) is 1. The normalized spacial score (nSPS) is 10.5. The fraction of sp³-hybridized carbons (Fsp3) is 0.286. The van der Waals surface area contributed by atoms with E-state index < -0.39 is 0 Å². The van der Waals surface area contributed by atoms with E-state index in [1.54, 1.807) is 12.5 Å². The highest BCUT2D eigenvalue weighted by atomic mass is 35.5. The molecule has 6 heteroatoms. The summed E-state index contributed by atoms with van der Waals surface area (Å²) < 4.78 is 4.93. The number of rotatable bonds is 6. The third-order valence-electron chi connectivity index (χ3n) is 2.62. The second-order valence-electron chi connectivity index (χ2n) is 4.15. The first-order valence-corrected chi connectivity index (χ1v) is 7.45. The largest absolute Gasteiger partial charge is 0.385 e. The Morgan fingerprint density at radius 1 is 1.50 bits per heavy atom. The van der Waals surface area contributed by atoms with Crippen LogP contribution in [0.25, 0.3) is 10.6 Å². The van der Waals surface area contributed by atoms with Gasteiger partial charge in [-0.1, -0.05) is 23.7 Å². The number of benzene rings is 1. The summed E-state index contributed by atoms with van der Waals surface area (Å²) in [6.07, 6.45) is 0.785. The molecule has 0 saturated carbocycles. The van der Waals surface area contributed by atoms with E-state index in [1.807, 2.05) is 24.3 Å². The van der Waals surface area contributed by atoms with Gasteiger partial charge in [0, 0.05) is 36.2 Å². The van der Waals surface area contributed by atoms with Crippen LogP contribution in [0.4, 0.5) is 0 Å². The minimum atomic E-state index is -0.161. The Hall–Kier alpha value is -1.43. The van der Waals surface area contributed by atoms with Gasteiger partial charge in [0.1, 0.15) is 10.7 Å². The maximum Gasteiger partial charge on any atom is 0.270 e. The van der Waals surface area contributed by atoms with E-state index in [1.165, 1.54) is 11.3 Å². The molecule has 0 aliphatic rings. The Morgan fingerprint density at radius 2 is 2.35 bits per heavy atom. The first-order chi connectivity index (χ1) is 9.70. The van der Waals surface area contributed by atoms with Crippen LogP contribution in [0.2, 0.25) is 5.02 Å². The summed E-state index contributed by atoms with van der Waals surface area (Å²) in [4.78, 5) is 16.2. The smallest absolute Gasteiger partial charge is 0.270 e. The maximum atomic E-state index is 11.9. The number of aromatic nitrogens is 1. The lowest BCUT2D eigenvalue weighted by molar-refractivity contribution is 0.0944. The molecule has 0 bridgehead atoms. The van der Waals surface area contributed by atoms with E-state index in [9.17, 15) is 4.79 Å². The fourth-order valence-electron chi connectivity index (χ4n) is 1.64. The summed E-state index contributed by atoms with van der Waals surface area (Å²) in [7, 11) is 1.64. The number of halogens is 1. The van der Waals surface area contributed by atoms with Crippen molar-refractivity contribution in [1.29, 1.82) is 0 Å². The van der Waals surface area contributed by atoms with Gasteiger partial charge < -0.3 is 10.1 Å². The molecule has 2 aromatic rings. The molecule has 0 spiro atoms. The molecule has 4 nitrogen and oxygen atoms in total. The lowest BCUT2D eigenvalue weighted by Gasteiger charge is -2.02. The molecule has 0 saturated heterocycles. The van der Waals surface area contributed by atoms with E-state index in [0.717, 1.165) is 17.0 Å². The van der Waals surface area contributed by atoms with Crippen LogP contribution in [0.3, 0.4) is 0 Å². The summed E-state index contributed by atoms with van der Waals surface area (Å²) in [5.74, 6) is -0.161. The molecule has 1 heterocycles. The molecule has 1 amide bonds. The van der Waals surface area contributed by atoms with Gasteiger partial charge in [-0.2, -0.15) is 0 Å². The molecule has 0 aliphatic carbocycles. The van der Waals surface area contributed by atoms with Crippen LogP contribution in [-0.2, 0) is 4.74 Å². The Labute approximate surface area is 126 Å². The van der Waals surface area contributed by atoms with E-state index in [0.29, 0.717) is 23.9 Å². The van der Waals surface area contributed by atoms with Crippen LogP contribution < -0.4 is 5.32 Å². The molecule has 1 aromatic carbocycles. The number of amides is 1. The number of hydrogen-bond donors (Lipinski definition) is 1. The van der Waals surface area contributed by atoms with Crippen LogP contribution in [-0.4, -0.2) is 31.2 Å². The van der Waals surface area contributed by atoms with Crippen LogP contribution in [0.1, 0.15) is 16.9 Å². The average molecular weight is 311 g/mol. The second-order valence-corrected chi connectivity index (χ2v) is 5.45. The Kier molecular flexibility index (Phi) is 5.52. The van der Waals surface area contributed by atoms with Crippen LogP contribution in [0.5, 0.6) is 0 Å². The van der Waals surface area contributed by atoms with E-state index in [2.05, 4.69) is 10.3 Å². The van der Waals surface area contributed by atoms with Crippen LogP contribution in [0.15, 0.2) is 29.6 Å². The number of nitrogens with zero attached hydrogens (tertiary/aromatic N) is 1. The predicted octanol–water partition coefficient (Wildman–Crippen LogP) is 3.23. The van der Waals surface area contributed by atoms with Crippen molar-refractivity contribution in [3.05, 3.63) is 40.4 Å². The zero-order chi connectivity index (χ0) is 14.4. The molecule has 20 heavy (non-hydrogen) atoms. The molecule has 0 fully saturated rings. The molecule has 0 aliphatic heterocycles. The van der Waals surface area contributed by atoms with Gasteiger partial charge in [-0.25, -0.2) is 4.98 Å². The van der Waals surface area contributed by atoms with Crippen molar-refractivity contribution >= 4 is 28.8 Å². The summed E-state index contributed by atoms with van der Waals surface area (Å²) >= 11 is 7.38. The van der Waals surface area contributed by atoms with Gasteiger partial charge in [-0.05, 0) is 18.6 Å². The van der Waals surface area contributed by atoms with Gasteiger partial charge in [0.05, 0.1) is 0 Å². The predicted molar refractivity (Wildman–Crippen MR) is 81.4 cm³/mol. The highest BCUT2D eigenvalue weighted by Crippen LogP contribution is 2.25. The minimum Gasteiger partial charge on any atom is -0.385 e. The van der Waals surface area contributed by atoms with Crippen molar-refractivity contribution in [1.82, 2.24) is 10.3 Å². The number of methoxy groups -OCH3 is 1. The molecule has 2 rings (SSSR count). The van der Waals surface area contributed by atoms with Crippen molar-refractivity contribution in [2.24, 2.45) is 0 Å². The highest BCUT2D eigenvalue weighted by Gasteiger charge is 2.11. The standard InChI is InChI=1S/C14H15ClN2O2S/c1-19-7-3-6-16-13(18)12-9-20-14(17-12)10-4-2-5-11(15)8-10/h2,4-5,8-9H,3,6-7H2,1H3,(H,16,18). The van der Waals surface area contributed by atoms with Crippen molar-refractivity contribution in [3.63, 3.8) is 0 Å². The Balaban J connectivity index is 2.00. The van der Waals surface area contributed by atoms with Gasteiger partial charge in [0.15, 0.2) is 0 Å². The van der Waals surface area contributed by atoms with Gasteiger partial charge in [0.25, 0.3) is 5.91 Å². The van der Waals surface area contributed by atoms with Crippen molar-refractivity contribution in [2.45, 2.75) is 6.42 Å². The monoisotopic (exact) mass is 310 g/mol. The number of nitrogens with one attached hydrogen (secondary N) is 1. The summed E-state index contributed by atoms with van der Waals surface area (Å²) in [5, 5.41) is 6.00. The fourth-order valence-corrected chi connectivity index (χ4v) is 2.63. The zero-order valence-electron chi connectivity index (χ0n) is 11.1. The molecule has 0 atom stereocenters. The second kappa shape index (κ2) is 7.38. The first-order valence-electron chi connectivity index (χ1n) is 6.19. The van der Waals surface area contributed by atoms with E-state index >= 15 is 0 Å². The lowest BCUT2D eigenvalue weighted by atomic mass is 10.2. The molecule has 1 aromatic heterocycles. The van der Waals surface area contributed by atoms with Crippen LogP contribution in [0, 0.1) is 0 Å². The lowest BCUT2D eigenvalue weighted by Crippen LogP contribution is -2.25. The Bertz CT molecular complexity index is 586. The summed E-state index contributed by atoms with van der Waals surface area (Å²) in [6.45, 7) is 1.21. The zero-order valence-corrected chi connectivity index (χ0v) is 12.6. The van der Waals surface area contributed by atoms with Gasteiger partial charge >= 0.3 is 0 Å². The molecule has 0 radical (unpaired) electrons. The number of thiazole rings is 1. The van der Waals surface area contributed by atoms with Crippen molar-refractivity contribution < 1.29 is 9.53 Å². The quantitative estimate of drug-likeness (QED) is 0.833. The summed E-state index contributed by atoms with van der Waals surface area (Å²) in [6, 6.07) is 7.43. The first kappa shape index (κ1) is 15.0. The molecular formula is C14H15ClN2O2S. The minimum absolute atomic E-state index is 0.161. The molecular weight excluding hydrogens is 296 g/mol. The van der Waals surface area contributed by atoms with Crippen LogP contribution >= 0.6 is 22.9 Å². The Morgan fingerprint density at radius 3 is 3.10 bits per heavy atom. The number of carbonyl (C=O) groups is 1. The third-order valence-corrected chi connectivity index (χ3v) is 3.75. The van der Waals surface area contributed by atoms with Crippen molar-refractivity contribution in [2.75, 3.05) is 20.3 Å². The third kappa shape index (κ3) is 4.03. The highest BCUT2D eigenvalue weighted by molar-refractivity contribution is 7.13. The van der Waals surface area contributed by atoms with Crippen molar-refractivity contribution in [3.8, 4) is 10.6 Å². The molecule has 106 valence electrons. The topological polar surface area (TPSA) is 51.2 Å². The van der Waals surface area contributed by atoms with Gasteiger partial charge in [-0.15, -0.1) is 11.3 Å². The molecule has 0 unspecified atom stereocenters.